The van der Waals surface area contributed by atoms with E-state index in [0.29, 0.717) is 26.2 Å². The van der Waals surface area contributed by atoms with E-state index in [0.717, 1.165) is 12.1 Å². The summed E-state index contributed by atoms with van der Waals surface area (Å²) >= 11 is 5.73. The van der Waals surface area contributed by atoms with Crippen molar-refractivity contribution in [3.05, 3.63) is 58.8 Å². The second-order valence-electron chi connectivity index (χ2n) is 5.85. The fourth-order valence-corrected chi connectivity index (χ4v) is 2.84. The molecule has 7 nitrogen and oxygen atoms in total. The third-order valence-corrected chi connectivity index (χ3v) is 4.36. The van der Waals surface area contributed by atoms with Gasteiger partial charge in [0.05, 0.1) is 11.8 Å². The molecular weight excluding hydrogens is 379 g/mol. The molecule has 0 spiro atoms. The average Bonchev–Trinajstić information content (AvgIpc) is 3.22. The number of furan rings is 1. The third kappa shape index (κ3) is 4.46. The van der Waals surface area contributed by atoms with Gasteiger partial charge in [-0.3, -0.25) is 9.59 Å². The summed E-state index contributed by atoms with van der Waals surface area (Å²) in [6, 6.07) is 6.71. The van der Waals surface area contributed by atoms with Gasteiger partial charge in [-0.25, -0.2) is 9.18 Å². The SMILES string of the molecule is O=C(OCC(=O)N1CCN(C(=O)c2ccco2)CC1)c1cc(Cl)ccc1F. The van der Waals surface area contributed by atoms with Crippen LogP contribution in [-0.4, -0.2) is 60.4 Å². The van der Waals surface area contributed by atoms with Crippen molar-refractivity contribution in [2.45, 2.75) is 0 Å². The summed E-state index contributed by atoms with van der Waals surface area (Å²) in [5.74, 6) is -2.16. The van der Waals surface area contributed by atoms with E-state index in [-0.39, 0.29) is 22.3 Å². The molecule has 2 heterocycles. The second-order valence-corrected chi connectivity index (χ2v) is 6.29. The van der Waals surface area contributed by atoms with Crippen LogP contribution >= 0.6 is 11.6 Å². The number of hydrogen-bond donors (Lipinski definition) is 0. The molecule has 1 aromatic carbocycles. The van der Waals surface area contributed by atoms with Gasteiger partial charge in [-0.05, 0) is 30.3 Å². The van der Waals surface area contributed by atoms with Gasteiger partial charge in [0.15, 0.2) is 12.4 Å². The van der Waals surface area contributed by atoms with E-state index < -0.39 is 24.3 Å². The van der Waals surface area contributed by atoms with Crippen LogP contribution in [-0.2, 0) is 9.53 Å². The molecule has 142 valence electrons. The zero-order chi connectivity index (χ0) is 19.4. The number of esters is 1. The molecule has 0 atom stereocenters. The number of amides is 2. The van der Waals surface area contributed by atoms with E-state index in [2.05, 4.69) is 0 Å². The summed E-state index contributed by atoms with van der Waals surface area (Å²) in [4.78, 5) is 39.4. The molecular formula is C18H16ClFN2O5. The summed E-state index contributed by atoms with van der Waals surface area (Å²) in [7, 11) is 0. The third-order valence-electron chi connectivity index (χ3n) is 4.13. The number of benzene rings is 1. The zero-order valence-corrected chi connectivity index (χ0v) is 14.9. The number of carbonyl (C=O) groups is 3. The van der Waals surface area contributed by atoms with Gasteiger partial charge in [-0.15, -0.1) is 0 Å². The molecule has 2 aromatic rings. The Bertz CT molecular complexity index is 847. The minimum atomic E-state index is -0.963. The lowest BCUT2D eigenvalue weighted by molar-refractivity contribution is -0.136. The predicted molar refractivity (Wildman–Crippen MR) is 92.9 cm³/mol. The Kier molecular flexibility index (Phi) is 5.75. The normalized spacial score (nSPS) is 14.1. The summed E-state index contributed by atoms with van der Waals surface area (Å²) in [6.45, 7) is 0.754. The molecule has 0 N–H and O–H groups in total. The molecule has 0 radical (unpaired) electrons. The lowest BCUT2D eigenvalue weighted by Gasteiger charge is -2.34. The molecule has 0 bridgehead atoms. The van der Waals surface area contributed by atoms with Crippen molar-refractivity contribution >= 4 is 29.4 Å². The van der Waals surface area contributed by atoms with E-state index in [9.17, 15) is 18.8 Å². The number of piperazine rings is 1. The Labute approximate surface area is 159 Å². The van der Waals surface area contributed by atoms with Crippen LogP contribution < -0.4 is 0 Å². The van der Waals surface area contributed by atoms with Crippen molar-refractivity contribution in [3.63, 3.8) is 0 Å². The predicted octanol–water partition coefficient (Wildman–Crippen LogP) is 2.21. The van der Waals surface area contributed by atoms with Gasteiger partial charge >= 0.3 is 5.97 Å². The largest absolute Gasteiger partial charge is 0.459 e. The van der Waals surface area contributed by atoms with Crippen LogP contribution in [0.2, 0.25) is 5.02 Å². The maximum Gasteiger partial charge on any atom is 0.341 e. The molecule has 0 aliphatic carbocycles. The Balaban J connectivity index is 1.49. The van der Waals surface area contributed by atoms with Gasteiger partial charge in [-0.1, -0.05) is 11.6 Å². The van der Waals surface area contributed by atoms with Gasteiger partial charge in [0.1, 0.15) is 5.82 Å². The van der Waals surface area contributed by atoms with Crippen LogP contribution in [0, 0.1) is 5.82 Å². The summed E-state index contributed by atoms with van der Waals surface area (Å²) in [5, 5.41) is 0.187. The molecule has 1 saturated heterocycles. The number of nitrogens with zero attached hydrogens (tertiary/aromatic N) is 2. The fraction of sp³-hybridized carbons (Fsp3) is 0.278. The summed E-state index contributed by atoms with van der Waals surface area (Å²) < 4.78 is 23.6. The smallest absolute Gasteiger partial charge is 0.341 e. The quantitative estimate of drug-likeness (QED) is 0.743. The van der Waals surface area contributed by atoms with Crippen molar-refractivity contribution in [1.82, 2.24) is 9.80 Å². The molecule has 27 heavy (non-hydrogen) atoms. The van der Waals surface area contributed by atoms with Gasteiger partial charge in [-0.2, -0.15) is 0 Å². The highest BCUT2D eigenvalue weighted by Crippen LogP contribution is 2.16. The summed E-state index contributed by atoms with van der Waals surface area (Å²) in [5.41, 5.74) is -0.329. The fourth-order valence-electron chi connectivity index (χ4n) is 2.67. The van der Waals surface area contributed by atoms with E-state index in [1.165, 1.54) is 17.2 Å². The molecule has 3 rings (SSSR count). The Morgan fingerprint density at radius 1 is 1.11 bits per heavy atom. The highest BCUT2D eigenvalue weighted by molar-refractivity contribution is 6.30. The van der Waals surface area contributed by atoms with Crippen LogP contribution in [0.1, 0.15) is 20.9 Å². The van der Waals surface area contributed by atoms with Crippen molar-refractivity contribution in [1.29, 1.82) is 0 Å². The Morgan fingerprint density at radius 2 is 1.81 bits per heavy atom. The minimum Gasteiger partial charge on any atom is -0.459 e. The number of rotatable bonds is 4. The lowest BCUT2D eigenvalue weighted by atomic mass is 10.2. The lowest BCUT2D eigenvalue weighted by Crippen LogP contribution is -2.51. The zero-order valence-electron chi connectivity index (χ0n) is 14.2. The molecule has 1 fully saturated rings. The van der Waals surface area contributed by atoms with Gasteiger partial charge < -0.3 is 19.0 Å². The van der Waals surface area contributed by atoms with Gasteiger partial charge in [0.25, 0.3) is 11.8 Å². The van der Waals surface area contributed by atoms with E-state index in [4.69, 9.17) is 20.8 Å². The first-order valence-electron chi connectivity index (χ1n) is 8.18. The van der Waals surface area contributed by atoms with E-state index in [1.54, 1.807) is 17.0 Å². The highest BCUT2D eigenvalue weighted by Gasteiger charge is 2.26. The van der Waals surface area contributed by atoms with E-state index in [1.807, 2.05) is 0 Å². The highest BCUT2D eigenvalue weighted by atomic mass is 35.5. The number of carbonyl (C=O) groups excluding carboxylic acids is 3. The van der Waals surface area contributed by atoms with Crippen LogP contribution in [0.4, 0.5) is 4.39 Å². The first-order chi connectivity index (χ1) is 13.0. The van der Waals surface area contributed by atoms with Crippen molar-refractivity contribution in [2.24, 2.45) is 0 Å². The minimum absolute atomic E-state index is 0.187. The summed E-state index contributed by atoms with van der Waals surface area (Å²) in [6.07, 6.45) is 1.42. The number of hydrogen-bond acceptors (Lipinski definition) is 5. The molecule has 1 aromatic heterocycles. The number of halogens is 2. The molecule has 2 amide bonds. The maximum absolute atomic E-state index is 13.6. The van der Waals surface area contributed by atoms with Crippen molar-refractivity contribution in [3.8, 4) is 0 Å². The molecule has 0 unspecified atom stereocenters. The van der Waals surface area contributed by atoms with Crippen LogP contribution in [0.3, 0.4) is 0 Å². The molecule has 0 saturated carbocycles. The maximum atomic E-state index is 13.6. The molecule has 1 aliphatic rings. The molecule has 9 heteroatoms. The number of ether oxygens (including phenoxy) is 1. The molecule has 1 aliphatic heterocycles. The average molecular weight is 395 g/mol. The monoisotopic (exact) mass is 394 g/mol. The van der Waals surface area contributed by atoms with Crippen LogP contribution in [0.25, 0.3) is 0 Å². The topological polar surface area (TPSA) is 80.1 Å². The van der Waals surface area contributed by atoms with Crippen LogP contribution in [0.15, 0.2) is 41.0 Å². The first-order valence-corrected chi connectivity index (χ1v) is 8.56. The van der Waals surface area contributed by atoms with Gasteiger partial charge in [0, 0.05) is 31.2 Å². The second kappa shape index (κ2) is 8.22. The van der Waals surface area contributed by atoms with Crippen molar-refractivity contribution in [2.75, 3.05) is 32.8 Å². The standard InChI is InChI=1S/C18H16ClFN2O5/c19-12-3-4-14(20)13(10-12)18(25)27-11-16(23)21-5-7-22(8-6-21)17(24)15-2-1-9-26-15/h1-4,9-10H,5-8,11H2. The van der Waals surface area contributed by atoms with Crippen molar-refractivity contribution < 1.29 is 27.9 Å². The Morgan fingerprint density at radius 3 is 2.48 bits per heavy atom. The van der Waals surface area contributed by atoms with Crippen LogP contribution in [0.5, 0.6) is 0 Å². The Hall–Kier alpha value is -2.87. The van der Waals surface area contributed by atoms with Gasteiger partial charge in [0.2, 0.25) is 0 Å². The first kappa shape index (κ1) is 18.9. The van der Waals surface area contributed by atoms with E-state index >= 15 is 0 Å².